The average molecular weight is 222 g/mol. The first-order chi connectivity index (χ1) is 7.81. The summed E-state index contributed by atoms with van der Waals surface area (Å²) in [6.07, 6.45) is 18.0. The van der Waals surface area contributed by atoms with Crippen LogP contribution >= 0.6 is 0 Å². The van der Waals surface area contributed by atoms with Gasteiger partial charge in [-0.1, -0.05) is 82.6 Å². The molecule has 0 bridgehead atoms. The van der Waals surface area contributed by atoms with Crippen LogP contribution in [-0.4, -0.2) is 0 Å². The molecule has 0 aliphatic rings. The standard InChI is InChI=1S/C16H30/c1-4-6-7-8-9-10-11-12-13-15-16(3)14-5-2/h5,14H,2,4,6-13,15H2,1,3H3/b16-14+. The van der Waals surface area contributed by atoms with Crippen molar-refractivity contribution in [3.8, 4) is 0 Å². The number of allylic oxidation sites excluding steroid dienone is 3. The molecule has 0 aromatic rings. The van der Waals surface area contributed by atoms with Crippen LogP contribution in [0.5, 0.6) is 0 Å². The van der Waals surface area contributed by atoms with E-state index in [2.05, 4.69) is 26.5 Å². The molecule has 0 N–H and O–H groups in total. The SMILES string of the molecule is C=C/C=C(\C)CCCCCCCCCCC. The first-order valence-electron chi connectivity index (χ1n) is 7.09. The Balaban J connectivity index is 3.09. The van der Waals surface area contributed by atoms with Gasteiger partial charge < -0.3 is 0 Å². The van der Waals surface area contributed by atoms with Gasteiger partial charge in [0, 0.05) is 0 Å². The second-order valence-electron chi connectivity index (χ2n) is 4.83. The van der Waals surface area contributed by atoms with Crippen LogP contribution in [0.25, 0.3) is 0 Å². The molecular weight excluding hydrogens is 192 g/mol. The summed E-state index contributed by atoms with van der Waals surface area (Å²) in [5.41, 5.74) is 1.47. The fourth-order valence-corrected chi connectivity index (χ4v) is 2.00. The van der Waals surface area contributed by atoms with Crippen LogP contribution in [-0.2, 0) is 0 Å². The maximum Gasteiger partial charge on any atom is -0.0320 e. The van der Waals surface area contributed by atoms with Gasteiger partial charge in [0.15, 0.2) is 0 Å². The summed E-state index contributed by atoms with van der Waals surface area (Å²) in [5, 5.41) is 0. The van der Waals surface area contributed by atoms with Crippen molar-refractivity contribution in [1.82, 2.24) is 0 Å². The Labute approximate surface area is 103 Å². The molecule has 0 aromatic heterocycles. The first-order valence-corrected chi connectivity index (χ1v) is 7.09. The van der Waals surface area contributed by atoms with E-state index in [0.29, 0.717) is 0 Å². The van der Waals surface area contributed by atoms with Gasteiger partial charge in [0.05, 0.1) is 0 Å². The number of unbranched alkanes of at least 4 members (excludes halogenated alkanes) is 8. The van der Waals surface area contributed by atoms with Crippen LogP contribution in [0.4, 0.5) is 0 Å². The number of rotatable bonds is 11. The smallest absolute Gasteiger partial charge is 0.0320 e. The van der Waals surface area contributed by atoms with Crippen molar-refractivity contribution >= 4 is 0 Å². The molecule has 0 aliphatic heterocycles. The van der Waals surface area contributed by atoms with E-state index in [9.17, 15) is 0 Å². The molecule has 0 atom stereocenters. The molecule has 0 rings (SSSR count). The highest BCUT2D eigenvalue weighted by Gasteiger charge is 1.93. The van der Waals surface area contributed by atoms with E-state index in [4.69, 9.17) is 0 Å². The first kappa shape index (κ1) is 15.5. The maximum atomic E-state index is 3.72. The van der Waals surface area contributed by atoms with Gasteiger partial charge in [-0.2, -0.15) is 0 Å². The molecule has 0 aliphatic carbocycles. The molecule has 0 heterocycles. The summed E-state index contributed by atoms with van der Waals surface area (Å²) in [5.74, 6) is 0. The molecule has 0 saturated carbocycles. The predicted octanol–water partition coefficient (Wildman–Crippen LogP) is 6.04. The predicted molar refractivity (Wildman–Crippen MR) is 75.8 cm³/mol. The minimum Gasteiger partial charge on any atom is -0.0991 e. The lowest BCUT2D eigenvalue weighted by molar-refractivity contribution is 0.564. The number of hydrogen-bond acceptors (Lipinski definition) is 0. The Morgan fingerprint density at radius 1 is 0.875 bits per heavy atom. The quantitative estimate of drug-likeness (QED) is 0.295. The van der Waals surface area contributed by atoms with Crippen molar-refractivity contribution in [2.45, 2.75) is 78.1 Å². The highest BCUT2D eigenvalue weighted by atomic mass is 14.0. The van der Waals surface area contributed by atoms with E-state index in [1.54, 1.807) is 0 Å². The molecule has 0 fully saturated rings. The van der Waals surface area contributed by atoms with Crippen LogP contribution in [0, 0.1) is 0 Å². The second-order valence-corrected chi connectivity index (χ2v) is 4.83. The Bertz CT molecular complexity index is 176. The Morgan fingerprint density at radius 3 is 1.88 bits per heavy atom. The molecule has 94 valence electrons. The Kier molecular flexibility index (Phi) is 12.1. The van der Waals surface area contributed by atoms with E-state index in [1.165, 1.54) is 69.8 Å². The summed E-state index contributed by atoms with van der Waals surface area (Å²) in [6.45, 7) is 8.20. The van der Waals surface area contributed by atoms with Gasteiger partial charge in [-0.05, 0) is 19.8 Å². The van der Waals surface area contributed by atoms with Crippen LogP contribution in [0.1, 0.15) is 78.1 Å². The lowest BCUT2D eigenvalue weighted by Crippen LogP contribution is -1.82. The number of hydrogen-bond donors (Lipinski definition) is 0. The largest absolute Gasteiger partial charge is 0.0991 e. The van der Waals surface area contributed by atoms with Crippen LogP contribution in [0.3, 0.4) is 0 Å². The van der Waals surface area contributed by atoms with E-state index in [0.717, 1.165) is 0 Å². The fraction of sp³-hybridized carbons (Fsp3) is 0.750. The highest BCUT2D eigenvalue weighted by Crippen LogP contribution is 2.12. The van der Waals surface area contributed by atoms with Crippen LogP contribution in [0.15, 0.2) is 24.3 Å². The lowest BCUT2D eigenvalue weighted by atomic mass is 10.0. The summed E-state index contributed by atoms with van der Waals surface area (Å²) in [4.78, 5) is 0. The van der Waals surface area contributed by atoms with E-state index >= 15 is 0 Å². The summed E-state index contributed by atoms with van der Waals surface area (Å²) < 4.78 is 0. The lowest BCUT2D eigenvalue weighted by Gasteiger charge is -2.02. The molecule has 0 unspecified atom stereocenters. The van der Waals surface area contributed by atoms with Gasteiger partial charge in [-0.3, -0.25) is 0 Å². The van der Waals surface area contributed by atoms with Gasteiger partial charge in [0.1, 0.15) is 0 Å². The normalized spacial score (nSPS) is 11.8. The van der Waals surface area contributed by atoms with Crippen molar-refractivity contribution < 1.29 is 0 Å². The molecule has 0 nitrogen and oxygen atoms in total. The zero-order chi connectivity index (χ0) is 12.1. The molecule has 0 radical (unpaired) electrons. The molecule has 0 aromatic carbocycles. The minimum absolute atomic E-state index is 1.25. The van der Waals surface area contributed by atoms with Crippen molar-refractivity contribution in [2.75, 3.05) is 0 Å². The Hall–Kier alpha value is -0.520. The van der Waals surface area contributed by atoms with E-state index < -0.39 is 0 Å². The molecule has 0 heteroatoms. The molecule has 0 spiro atoms. The Morgan fingerprint density at radius 2 is 1.38 bits per heavy atom. The van der Waals surface area contributed by atoms with Gasteiger partial charge in [-0.25, -0.2) is 0 Å². The molecule has 0 saturated heterocycles. The fourth-order valence-electron chi connectivity index (χ4n) is 2.00. The molecule has 16 heavy (non-hydrogen) atoms. The summed E-state index contributed by atoms with van der Waals surface area (Å²) in [7, 11) is 0. The molecular formula is C16H30. The van der Waals surface area contributed by atoms with Crippen LogP contribution in [0.2, 0.25) is 0 Å². The topological polar surface area (TPSA) is 0 Å². The minimum atomic E-state index is 1.25. The highest BCUT2D eigenvalue weighted by molar-refractivity contribution is 5.07. The monoisotopic (exact) mass is 222 g/mol. The molecule has 0 amide bonds. The van der Waals surface area contributed by atoms with Gasteiger partial charge in [0.2, 0.25) is 0 Å². The van der Waals surface area contributed by atoms with Gasteiger partial charge in [-0.15, -0.1) is 0 Å². The maximum absolute atomic E-state index is 3.72. The summed E-state index contributed by atoms with van der Waals surface area (Å²) in [6, 6.07) is 0. The van der Waals surface area contributed by atoms with Crippen molar-refractivity contribution in [3.63, 3.8) is 0 Å². The summed E-state index contributed by atoms with van der Waals surface area (Å²) >= 11 is 0. The zero-order valence-electron chi connectivity index (χ0n) is 11.4. The van der Waals surface area contributed by atoms with Crippen molar-refractivity contribution in [2.24, 2.45) is 0 Å². The van der Waals surface area contributed by atoms with Gasteiger partial charge >= 0.3 is 0 Å². The third kappa shape index (κ3) is 11.6. The average Bonchev–Trinajstić information content (AvgIpc) is 2.27. The second kappa shape index (κ2) is 12.5. The van der Waals surface area contributed by atoms with E-state index in [-0.39, 0.29) is 0 Å². The third-order valence-electron chi connectivity index (χ3n) is 3.08. The van der Waals surface area contributed by atoms with E-state index in [1.807, 2.05) is 6.08 Å². The van der Waals surface area contributed by atoms with Crippen molar-refractivity contribution in [1.29, 1.82) is 0 Å². The zero-order valence-corrected chi connectivity index (χ0v) is 11.4. The van der Waals surface area contributed by atoms with Crippen molar-refractivity contribution in [3.05, 3.63) is 24.3 Å². The third-order valence-corrected chi connectivity index (χ3v) is 3.08. The van der Waals surface area contributed by atoms with Gasteiger partial charge in [0.25, 0.3) is 0 Å². The van der Waals surface area contributed by atoms with Crippen LogP contribution < -0.4 is 0 Å².